The molecule has 3 heteroatoms. The Kier molecular flexibility index (Phi) is 2.76. The zero-order valence-corrected chi connectivity index (χ0v) is 8.52. The minimum atomic E-state index is -0.400. The van der Waals surface area contributed by atoms with Crippen molar-refractivity contribution >= 4 is 5.97 Å². The van der Waals surface area contributed by atoms with Crippen molar-refractivity contribution in [2.75, 3.05) is 6.54 Å². The Bertz CT molecular complexity index is 228. The van der Waals surface area contributed by atoms with Gasteiger partial charge in [-0.2, -0.15) is 0 Å². The van der Waals surface area contributed by atoms with E-state index in [-0.39, 0.29) is 12.0 Å². The molecule has 0 bridgehead atoms. The number of carbonyl (C=O) groups excluding carboxylic acids is 1. The first kappa shape index (κ1) is 10.3. The summed E-state index contributed by atoms with van der Waals surface area (Å²) in [7, 11) is 0. The maximum atomic E-state index is 11.5. The molecule has 0 aromatic heterocycles. The Morgan fingerprint density at radius 1 is 1.62 bits per heavy atom. The van der Waals surface area contributed by atoms with Crippen molar-refractivity contribution in [3.63, 3.8) is 0 Å². The monoisotopic (exact) mass is 183 g/mol. The zero-order chi connectivity index (χ0) is 10.1. The lowest BCUT2D eigenvalue weighted by atomic mass is 10.1. The Morgan fingerprint density at radius 2 is 2.23 bits per heavy atom. The zero-order valence-electron chi connectivity index (χ0n) is 8.52. The molecule has 0 saturated carbocycles. The molecule has 0 amide bonds. The van der Waals surface area contributed by atoms with Crippen LogP contribution < -0.4 is 5.32 Å². The van der Waals surface area contributed by atoms with Gasteiger partial charge in [0.05, 0.1) is 0 Å². The van der Waals surface area contributed by atoms with Crippen LogP contribution in [0, 0.1) is 0 Å². The minimum absolute atomic E-state index is 0.175. The number of carbonyl (C=O) groups is 1. The van der Waals surface area contributed by atoms with E-state index in [0.717, 1.165) is 12.1 Å². The van der Waals surface area contributed by atoms with Gasteiger partial charge in [0.2, 0.25) is 0 Å². The average Bonchev–Trinajstić information content (AvgIpc) is 2.31. The molecule has 13 heavy (non-hydrogen) atoms. The van der Waals surface area contributed by atoms with E-state index in [1.807, 2.05) is 20.8 Å². The molecule has 1 heterocycles. The molecule has 74 valence electrons. The van der Waals surface area contributed by atoms with E-state index in [9.17, 15) is 4.79 Å². The largest absolute Gasteiger partial charge is 0.459 e. The Morgan fingerprint density at radius 3 is 2.62 bits per heavy atom. The number of nitrogens with one attached hydrogen (secondary N) is 1. The van der Waals surface area contributed by atoms with E-state index < -0.39 is 5.60 Å². The molecule has 3 nitrogen and oxygen atoms in total. The van der Waals surface area contributed by atoms with Crippen molar-refractivity contribution in [1.82, 2.24) is 5.32 Å². The maximum absolute atomic E-state index is 11.5. The predicted octanol–water partition coefficient (Wildman–Crippen LogP) is 1.25. The quantitative estimate of drug-likeness (QED) is 0.491. The third-order valence-corrected chi connectivity index (χ3v) is 1.78. The van der Waals surface area contributed by atoms with Crippen LogP contribution in [-0.4, -0.2) is 24.2 Å². The highest BCUT2D eigenvalue weighted by atomic mass is 16.6. The molecular weight excluding hydrogens is 166 g/mol. The minimum Gasteiger partial charge on any atom is -0.459 e. The van der Waals surface area contributed by atoms with Crippen LogP contribution in [0.4, 0.5) is 0 Å². The highest BCUT2D eigenvalue weighted by Gasteiger charge is 2.28. The molecule has 1 atom stereocenters. The first-order valence-corrected chi connectivity index (χ1v) is 4.51. The predicted molar refractivity (Wildman–Crippen MR) is 51.4 cm³/mol. The van der Waals surface area contributed by atoms with Crippen molar-refractivity contribution in [3.05, 3.63) is 12.2 Å². The molecule has 0 radical (unpaired) electrons. The van der Waals surface area contributed by atoms with Crippen LogP contribution in [-0.2, 0) is 9.53 Å². The molecule has 0 aromatic carbocycles. The highest BCUT2D eigenvalue weighted by molar-refractivity contribution is 5.77. The molecule has 1 saturated heterocycles. The van der Waals surface area contributed by atoms with E-state index >= 15 is 0 Å². The highest BCUT2D eigenvalue weighted by Crippen LogP contribution is 2.15. The maximum Gasteiger partial charge on any atom is 0.323 e. The molecule has 1 rings (SSSR count). The third-order valence-electron chi connectivity index (χ3n) is 1.78. The molecule has 1 fully saturated rings. The second kappa shape index (κ2) is 3.50. The first-order valence-electron chi connectivity index (χ1n) is 4.51. The van der Waals surface area contributed by atoms with E-state index in [0.29, 0.717) is 6.42 Å². The van der Waals surface area contributed by atoms with E-state index in [4.69, 9.17) is 4.74 Å². The fourth-order valence-electron chi connectivity index (χ4n) is 1.24. The Labute approximate surface area is 79.2 Å². The lowest BCUT2D eigenvalue weighted by Crippen LogP contribution is -2.37. The van der Waals surface area contributed by atoms with Crippen molar-refractivity contribution < 1.29 is 9.53 Å². The third kappa shape index (κ3) is 3.19. The van der Waals surface area contributed by atoms with Gasteiger partial charge in [0, 0.05) is 6.54 Å². The topological polar surface area (TPSA) is 38.3 Å². The second-order valence-electron chi connectivity index (χ2n) is 4.42. The molecule has 1 aliphatic heterocycles. The summed E-state index contributed by atoms with van der Waals surface area (Å²) in [4.78, 5) is 11.5. The van der Waals surface area contributed by atoms with Gasteiger partial charge in [-0.05, 0) is 27.2 Å². The molecule has 0 spiro atoms. The van der Waals surface area contributed by atoms with Gasteiger partial charge in [-0.1, -0.05) is 12.2 Å². The normalized spacial score (nSPS) is 23.3. The summed E-state index contributed by atoms with van der Waals surface area (Å²) in [6.07, 6.45) is 0.703. The van der Waals surface area contributed by atoms with Crippen LogP contribution in [0.5, 0.6) is 0 Å². The molecular formula is C10H17NO2. The number of ether oxygens (including phenoxy) is 1. The average molecular weight is 183 g/mol. The van der Waals surface area contributed by atoms with Crippen LogP contribution in [0.25, 0.3) is 0 Å². The molecule has 1 aliphatic rings. The van der Waals surface area contributed by atoms with Crippen LogP contribution in [0.15, 0.2) is 12.2 Å². The fourth-order valence-corrected chi connectivity index (χ4v) is 1.24. The Hall–Kier alpha value is -0.830. The number of hydrogen-bond donors (Lipinski definition) is 1. The summed E-state index contributed by atoms with van der Waals surface area (Å²) >= 11 is 0. The van der Waals surface area contributed by atoms with Gasteiger partial charge in [-0.3, -0.25) is 4.79 Å². The van der Waals surface area contributed by atoms with E-state index in [1.54, 1.807) is 0 Å². The second-order valence-corrected chi connectivity index (χ2v) is 4.42. The van der Waals surface area contributed by atoms with Crippen molar-refractivity contribution in [2.24, 2.45) is 0 Å². The fraction of sp³-hybridized carbons (Fsp3) is 0.700. The number of hydrogen-bond acceptors (Lipinski definition) is 3. The lowest BCUT2D eigenvalue weighted by Gasteiger charge is -2.21. The summed E-state index contributed by atoms with van der Waals surface area (Å²) in [6.45, 7) is 10.1. The molecule has 0 aliphatic carbocycles. The summed E-state index contributed by atoms with van der Waals surface area (Å²) in [6, 6.07) is -0.188. The van der Waals surface area contributed by atoms with Gasteiger partial charge in [0.25, 0.3) is 0 Å². The molecule has 0 unspecified atom stereocenters. The summed E-state index contributed by atoms with van der Waals surface area (Å²) in [5.41, 5.74) is 0.665. The van der Waals surface area contributed by atoms with Gasteiger partial charge in [0.1, 0.15) is 11.6 Å². The van der Waals surface area contributed by atoms with Crippen LogP contribution in [0.1, 0.15) is 27.2 Å². The van der Waals surface area contributed by atoms with Crippen molar-refractivity contribution in [1.29, 1.82) is 0 Å². The van der Waals surface area contributed by atoms with Crippen LogP contribution in [0.3, 0.4) is 0 Å². The van der Waals surface area contributed by atoms with Gasteiger partial charge in [-0.25, -0.2) is 0 Å². The summed E-state index contributed by atoms with van der Waals surface area (Å²) in [5.74, 6) is -0.175. The van der Waals surface area contributed by atoms with Crippen molar-refractivity contribution in [2.45, 2.75) is 38.8 Å². The summed E-state index contributed by atoms with van der Waals surface area (Å²) in [5, 5.41) is 3.05. The number of rotatable bonds is 1. The van der Waals surface area contributed by atoms with Gasteiger partial charge in [0.15, 0.2) is 0 Å². The van der Waals surface area contributed by atoms with Gasteiger partial charge >= 0.3 is 5.97 Å². The smallest absolute Gasteiger partial charge is 0.323 e. The van der Waals surface area contributed by atoms with E-state index in [1.165, 1.54) is 0 Å². The number of esters is 1. The standard InChI is InChI=1S/C10H17NO2/c1-7-5-8(11-6-7)9(12)13-10(2,3)4/h8,11H,1,5-6H2,2-4H3/t8-/m0/s1. The first-order chi connectivity index (χ1) is 5.88. The summed E-state index contributed by atoms with van der Waals surface area (Å²) < 4.78 is 5.23. The van der Waals surface area contributed by atoms with Gasteiger partial charge in [-0.15, -0.1) is 0 Å². The molecule has 1 N–H and O–H groups in total. The van der Waals surface area contributed by atoms with Crippen molar-refractivity contribution in [3.8, 4) is 0 Å². The lowest BCUT2D eigenvalue weighted by molar-refractivity contribution is -0.156. The van der Waals surface area contributed by atoms with Gasteiger partial charge < -0.3 is 10.1 Å². The SMILES string of the molecule is C=C1CN[C@H](C(=O)OC(C)(C)C)C1. The van der Waals surface area contributed by atoms with Crippen LogP contribution >= 0.6 is 0 Å². The molecule has 0 aromatic rings. The Balaban J connectivity index is 2.45. The van der Waals surface area contributed by atoms with E-state index in [2.05, 4.69) is 11.9 Å². The van der Waals surface area contributed by atoms with Crippen LogP contribution in [0.2, 0.25) is 0 Å².